The third-order valence-corrected chi connectivity index (χ3v) is 6.23. The molecule has 0 amide bonds. The summed E-state index contributed by atoms with van der Waals surface area (Å²) in [6.07, 6.45) is 0. The van der Waals surface area contributed by atoms with Crippen LogP contribution in [0.15, 0.2) is 77.7 Å². The summed E-state index contributed by atoms with van der Waals surface area (Å²) in [5, 5.41) is 0. The Balaban J connectivity index is 1.69. The molecule has 3 aromatic rings. The second-order valence-corrected chi connectivity index (χ2v) is 8.50. The van der Waals surface area contributed by atoms with E-state index >= 15 is 0 Å². The molecular weight excluding hydrogens is 393 g/mol. The van der Waals surface area contributed by atoms with E-state index in [2.05, 4.69) is 0 Å². The standard InChI is InChI=1S/C22H20FNO4S/c1-16-3-13-21(14-4-16)29(26,27)24(2)20-11-7-18(8-12-20)22(25)28-15-17-5-9-19(23)10-6-17/h3-14H,15H2,1-2H3. The van der Waals surface area contributed by atoms with Crippen LogP contribution in [-0.4, -0.2) is 21.4 Å². The number of esters is 1. The second-order valence-electron chi connectivity index (χ2n) is 6.54. The number of carbonyl (C=O) groups is 1. The first-order chi connectivity index (χ1) is 13.8. The number of benzene rings is 3. The molecule has 0 aliphatic heterocycles. The molecule has 0 atom stereocenters. The predicted octanol–water partition coefficient (Wildman–Crippen LogP) is 4.32. The molecule has 0 N–H and O–H groups in total. The molecule has 0 spiro atoms. The minimum absolute atomic E-state index is 0.0164. The lowest BCUT2D eigenvalue weighted by Gasteiger charge is -2.19. The average molecular weight is 413 g/mol. The van der Waals surface area contributed by atoms with Crippen molar-refractivity contribution in [2.45, 2.75) is 18.4 Å². The number of rotatable bonds is 6. The van der Waals surface area contributed by atoms with E-state index < -0.39 is 16.0 Å². The van der Waals surface area contributed by atoms with Crippen molar-refractivity contribution in [1.82, 2.24) is 0 Å². The van der Waals surface area contributed by atoms with Gasteiger partial charge in [-0.3, -0.25) is 4.31 Å². The molecule has 29 heavy (non-hydrogen) atoms. The maximum absolute atomic E-state index is 12.9. The Labute approximate surface area is 169 Å². The van der Waals surface area contributed by atoms with Crippen molar-refractivity contribution in [2.24, 2.45) is 0 Å². The van der Waals surface area contributed by atoms with Crippen LogP contribution >= 0.6 is 0 Å². The van der Waals surface area contributed by atoms with Gasteiger partial charge in [0.25, 0.3) is 10.0 Å². The molecule has 0 heterocycles. The van der Waals surface area contributed by atoms with E-state index in [1.165, 1.54) is 43.4 Å². The van der Waals surface area contributed by atoms with Crippen molar-refractivity contribution in [1.29, 1.82) is 0 Å². The van der Waals surface area contributed by atoms with Gasteiger partial charge < -0.3 is 4.74 Å². The number of anilines is 1. The highest BCUT2D eigenvalue weighted by atomic mass is 32.2. The third kappa shape index (κ3) is 4.81. The van der Waals surface area contributed by atoms with Crippen molar-refractivity contribution in [3.8, 4) is 0 Å². The Hall–Kier alpha value is -3.19. The van der Waals surface area contributed by atoms with Gasteiger partial charge in [0.1, 0.15) is 12.4 Å². The molecule has 7 heteroatoms. The summed E-state index contributed by atoms with van der Waals surface area (Å²) in [5.74, 6) is -0.912. The molecule has 0 aliphatic carbocycles. The summed E-state index contributed by atoms with van der Waals surface area (Å²) in [7, 11) is -2.25. The zero-order chi connectivity index (χ0) is 21.0. The topological polar surface area (TPSA) is 63.7 Å². The van der Waals surface area contributed by atoms with E-state index in [1.54, 1.807) is 36.4 Å². The Morgan fingerprint density at radius 2 is 1.52 bits per heavy atom. The molecule has 0 saturated carbocycles. The fourth-order valence-corrected chi connectivity index (χ4v) is 3.82. The first-order valence-corrected chi connectivity index (χ1v) is 10.3. The fourth-order valence-electron chi connectivity index (χ4n) is 2.63. The third-order valence-electron chi connectivity index (χ3n) is 4.43. The van der Waals surface area contributed by atoms with E-state index in [0.29, 0.717) is 11.3 Å². The van der Waals surface area contributed by atoms with E-state index in [0.717, 1.165) is 9.87 Å². The number of halogens is 1. The number of nitrogens with zero attached hydrogens (tertiary/aromatic N) is 1. The summed E-state index contributed by atoms with van der Waals surface area (Å²) in [6.45, 7) is 1.90. The van der Waals surface area contributed by atoms with Gasteiger partial charge in [-0.1, -0.05) is 29.8 Å². The monoisotopic (exact) mass is 413 g/mol. The zero-order valence-electron chi connectivity index (χ0n) is 16.0. The molecule has 3 aromatic carbocycles. The van der Waals surface area contributed by atoms with Gasteiger partial charge in [-0.25, -0.2) is 17.6 Å². The van der Waals surface area contributed by atoms with Gasteiger partial charge in [-0.15, -0.1) is 0 Å². The first kappa shape index (κ1) is 20.5. The molecule has 150 valence electrons. The van der Waals surface area contributed by atoms with Crippen molar-refractivity contribution in [2.75, 3.05) is 11.4 Å². The van der Waals surface area contributed by atoms with Crippen LogP contribution < -0.4 is 4.31 Å². The molecule has 0 bridgehead atoms. The van der Waals surface area contributed by atoms with Crippen LogP contribution in [0.2, 0.25) is 0 Å². The minimum atomic E-state index is -3.71. The minimum Gasteiger partial charge on any atom is -0.457 e. The highest BCUT2D eigenvalue weighted by Gasteiger charge is 2.21. The number of ether oxygens (including phenoxy) is 1. The summed E-state index contributed by atoms with van der Waals surface area (Å²) in [4.78, 5) is 12.4. The number of hydrogen-bond acceptors (Lipinski definition) is 4. The van der Waals surface area contributed by atoms with Crippen LogP contribution in [0.25, 0.3) is 0 Å². The number of aryl methyl sites for hydroxylation is 1. The van der Waals surface area contributed by atoms with E-state index in [9.17, 15) is 17.6 Å². The lowest BCUT2D eigenvalue weighted by Crippen LogP contribution is -2.26. The highest BCUT2D eigenvalue weighted by molar-refractivity contribution is 7.92. The molecule has 0 aliphatic rings. The Morgan fingerprint density at radius 3 is 2.10 bits per heavy atom. The van der Waals surface area contributed by atoms with Gasteiger partial charge in [0.05, 0.1) is 16.1 Å². The van der Waals surface area contributed by atoms with Gasteiger partial charge in [0.15, 0.2) is 0 Å². The Bertz CT molecular complexity index is 1090. The summed E-state index contributed by atoms with van der Waals surface area (Å²) in [5.41, 5.74) is 2.34. The van der Waals surface area contributed by atoms with Gasteiger partial charge in [0, 0.05) is 7.05 Å². The molecule has 0 aromatic heterocycles. The van der Waals surface area contributed by atoms with E-state index in [1.807, 2.05) is 6.92 Å². The second kappa shape index (κ2) is 8.45. The van der Waals surface area contributed by atoms with E-state index in [-0.39, 0.29) is 22.9 Å². The predicted molar refractivity (Wildman–Crippen MR) is 109 cm³/mol. The molecule has 0 radical (unpaired) electrons. The smallest absolute Gasteiger partial charge is 0.338 e. The first-order valence-electron chi connectivity index (χ1n) is 8.84. The van der Waals surface area contributed by atoms with Crippen LogP contribution in [0.5, 0.6) is 0 Å². The maximum Gasteiger partial charge on any atom is 0.338 e. The van der Waals surface area contributed by atoms with Crippen LogP contribution in [0.1, 0.15) is 21.5 Å². The maximum atomic E-state index is 12.9. The fraction of sp³-hybridized carbons (Fsp3) is 0.136. The van der Waals surface area contributed by atoms with Crippen molar-refractivity contribution >= 4 is 21.7 Å². The van der Waals surface area contributed by atoms with Gasteiger partial charge in [0.2, 0.25) is 0 Å². The molecule has 0 unspecified atom stereocenters. The summed E-state index contributed by atoms with van der Waals surface area (Å²) in [6, 6.07) is 18.3. The lowest BCUT2D eigenvalue weighted by molar-refractivity contribution is 0.0472. The van der Waals surface area contributed by atoms with Crippen LogP contribution in [0.3, 0.4) is 0 Å². The lowest BCUT2D eigenvalue weighted by atomic mass is 10.2. The zero-order valence-corrected chi connectivity index (χ0v) is 16.8. The van der Waals surface area contributed by atoms with E-state index in [4.69, 9.17) is 4.74 Å². The molecule has 3 rings (SSSR count). The molecule has 0 fully saturated rings. The van der Waals surface area contributed by atoms with Crippen LogP contribution in [0, 0.1) is 12.7 Å². The van der Waals surface area contributed by atoms with Crippen LogP contribution in [-0.2, 0) is 21.4 Å². The largest absolute Gasteiger partial charge is 0.457 e. The van der Waals surface area contributed by atoms with Crippen molar-refractivity contribution in [3.63, 3.8) is 0 Å². The van der Waals surface area contributed by atoms with Gasteiger partial charge in [-0.05, 0) is 61.0 Å². The average Bonchev–Trinajstić information content (AvgIpc) is 2.73. The SMILES string of the molecule is Cc1ccc(S(=O)(=O)N(C)c2ccc(C(=O)OCc3ccc(F)cc3)cc2)cc1. The van der Waals surface area contributed by atoms with Crippen molar-refractivity contribution < 1.29 is 22.3 Å². The van der Waals surface area contributed by atoms with Crippen molar-refractivity contribution in [3.05, 3.63) is 95.3 Å². The number of hydrogen-bond donors (Lipinski definition) is 0. The van der Waals surface area contributed by atoms with Gasteiger partial charge in [-0.2, -0.15) is 0 Å². The molecular formula is C22H20FNO4S. The van der Waals surface area contributed by atoms with Gasteiger partial charge >= 0.3 is 5.97 Å². The number of carbonyl (C=O) groups excluding carboxylic acids is 1. The van der Waals surface area contributed by atoms with Crippen LogP contribution in [0.4, 0.5) is 10.1 Å². The number of sulfonamides is 1. The quantitative estimate of drug-likeness (QED) is 0.565. The molecule has 0 saturated heterocycles. The normalized spacial score (nSPS) is 11.1. The Kier molecular flexibility index (Phi) is 5.98. The molecule has 5 nitrogen and oxygen atoms in total. The summed E-state index contributed by atoms with van der Waals surface area (Å²) < 4.78 is 44.8. The summed E-state index contributed by atoms with van der Waals surface area (Å²) >= 11 is 0. The highest BCUT2D eigenvalue weighted by Crippen LogP contribution is 2.23. The Morgan fingerprint density at radius 1 is 0.931 bits per heavy atom.